The summed E-state index contributed by atoms with van der Waals surface area (Å²) in [5.74, 6) is 0. The van der Waals surface area contributed by atoms with E-state index >= 15 is 0 Å². The number of nitrogens with one attached hydrogen (secondary N) is 2. The minimum atomic E-state index is -0.455. The monoisotopic (exact) mass is 263 g/mol. The quantitative estimate of drug-likeness (QED) is 0.777. The van der Waals surface area contributed by atoms with Gasteiger partial charge in [-0.15, -0.1) is 0 Å². The molecule has 0 radical (unpaired) electrons. The summed E-state index contributed by atoms with van der Waals surface area (Å²) in [4.78, 5) is 16.2. The third kappa shape index (κ3) is 2.28. The summed E-state index contributed by atoms with van der Waals surface area (Å²) in [5.41, 5.74) is 0.792. The highest BCUT2D eigenvalue weighted by Gasteiger charge is 2.08. The number of H-pyrrole nitrogens is 2. The van der Waals surface area contributed by atoms with E-state index in [1.165, 1.54) is 0 Å². The highest BCUT2D eigenvalue weighted by Crippen LogP contribution is 2.22. The standard InChI is InChI=1S/C11H6ClN3OS/c12-7-3-1-2-6(4-7)9-8(5-13)10(17)15-11(16)14-9/h1-4H,(H2,14,15,16,17). The summed E-state index contributed by atoms with van der Waals surface area (Å²) in [6, 6.07) is 8.80. The largest absolute Gasteiger partial charge is 0.324 e. The molecule has 6 heteroatoms. The molecule has 2 rings (SSSR count). The molecule has 1 aromatic heterocycles. The molecule has 0 amide bonds. The van der Waals surface area contributed by atoms with Crippen LogP contribution in [-0.2, 0) is 0 Å². The Hall–Kier alpha value is -1.90. The van der Waals surface area contributed by atoms with Crippen LogP contribution in [0.2, 0.25) is 5.02 Å². The molecule has 17 heavy (non-hydrogen) atoms. The fraction of sp³-hybridized carbons (Fsp3) is 0. The lowest BCUT2D eigenvalue weighted by atomic mass is 10.1. The van der Waals surface area contributed by atoms with Gasteiger partial charge in [-0.25, -0.2) is 4.79 Å². The molecule has 0 spiro atoms. The number of aromatic nitrogens is 2. The van der Waals surface area contributed by atoms with Gasteiger partial charge in [-0.05, 0) is 12.1 Å². The van der Waals surface area contributed by atoms with E-state index in [0.717, 1.165) is 0 Å². The third-order valence-electron chi connectivity index (χ3n) is 2.17. The van der Waals surface area contributed by atoms with Gasteiger partial charge in [0.05, 0.1) is 5.69 Å². The van der Waals surface area contributed by atoms with Crippen molar-refractivity contribution in [3.63, 3.8) is 0 Å². The van der Waals surface area contributed by atoms with Crippen molar-refractivity contribution in [2.45, 2.75) is 0 Å². The van der Waals surface area contributed by atoms with E-state index in [9.17, 15) is 4.79 Å². The first-order chi connectivity index (χ1) is 8.11. The predicted molar refractivity (Wildman–Crippen MR) is 67.4 cm³/mol. The molecule has 84 valence electrons. The molecule has 0 bridgehead atoms. The van der Waals surface area contributed by atoms with Crippen molar-refractivity contribution < 1.29 is 0 Å². The van der Waals surface area contributed by atoms with Crippen LogP contribution >= 0.6 is 23.8 Å². The number of rotatable bonds is 1. The highest BCUT2D eigenvalue weighted by molar-refractivity contribution is 7.71. The zero-order valence-electron chi connectivity index (χ0n) is 8.45. The second kappa shape index (κ2) is 4.53. The lowest BCUT2D eigenvalue weighted by molar-refractivity contribution is 1.06. The molecule has 0 unspecified atom stereocenters. The summed E-state index contributed by atoms with van der Waals surface area (Å²) in [6.45, 7) is 0. The van der Waals surface area contributed by atoms with Crippen molar-refractivity contribution in [1.29, 1.82) is 5.26 Å². The molecule has 2 aromatic rings. The zero-order chi connectivity index (χ0) is 12.4. The van der Waals surface area contributed by atoms with E-state index in [2.05, 4.69) is 9.97 Å². The number of aromatic amines is 2. The molecule has 0 aliphatic heterocycles. The zero-order valence-corrected chi connectivity index (χ0v) is 10.0. The van der Waals surface area contributed by atoms with Gasteiger partial charge in [0, 0.05) is 10.6 Å². The second-order valence-corrected chi connectivity index (χ2v) is 4.13. The van der Waals surface area contributed by atoms with Gasteiger partial charge in [-0.1, -0.05) is 36.0 Å². The Balaban J connectivity index is 2.80. The summed E-state index contributed by atoms with van der Waals surface area (Å²) in [6.07, 6.45) is 0. The van der Waals surface area contributed by atoms with Gasteiger partial charge in [0.1, 0.15) is 16.3 Å². The van der Waals surface area contributed by atoms with Gasteiger partial charge < -0.3 is 4.98 Å². The van der Waals surface area contributed by atoms with E-state index in [0.29, 0.717) is 16.3 Å². The molecule has 1 heterocycles. The number of hydrogen-bond donors (Lipinski definition) is 2. The van der Waals surface area contributed by atoms with E-state index in [-0.39, 0.29) is 10.2 Å². The Morgan fingerprint density at radius 3 is 2.76 bits per heavy atom. The first kappa shape index (κ1) is 11.6. The van der Waals surface area contributed by atoms with Gasteiger partial charge in [0.2, 0.25) is 0 Å². The Morgan fingerprint density at radius 1 is 1.35 bits per heavy atom. The van der Waals surface area contributed by atoms with Crippen LogP contribution in [0.1, 0.15) is 5.56 Å². The number of halogens is 1. The molecule has 2 N–H and O–H groups in total. The number of nitrogens with zero attached hydrogens (tertiary/aromatic N) is 1. The smallest absolute Gasteiger partial charge is 0.306 e. The molecule has 0 saturated carbocycles. The lowest BCUT2D eigenvalue weighted by Crippen LogP contribution is -2.13. The number of nitriles is 1. The minimum absolute atomic E-state index is 0.117. The van der Waals surface area contributed by atoms with Crippen molar-refractivity contribution in [2.75, 3.05) is 0 Å². The average Bonchev–Trinajstić information content (AvgIpc) is 2.28. The van der Waals surface area contributed by atoms with E-state index < -0.39 is 5.69 Å². The lowest BCUT2D eigenvalue weighted by Gasteiger charge is -2.04. The molecule has 4 nitrogen and oxygen atoms in total. The Kier molecular flexibility index (Phi) is 3.09. The van der Waals surface area contributed by atoms with Crippen molar-refractivity contribution in [3.05, 3.63) is 50.0 Å². The van der Waals surface area contributed by atoms with Crippen LogP contribution in [0.3, 0.4) is 0 Å². The molecule has 0 saturated heterocycles. The van der Waals surface area contributed by atoms with Gasteiger partial charge in [0.15, 0.2) is 0 Å². The van der Waals surface area contributed by atoms with Gasteiger partial charge in [-0.2, -0.15) is 5.26 Å². The third-order valence-corrected chi connectivity index (χ3v) is 2.71. The fourth-order valence-corrected chi connectivity index (χ4v) is 1.88. The Morgan fingerprint density at radius 2 is 2.12 bits per heavy atom. The Labute approximate surface area is 107 Å². The summed E-state index contributed by atoms with van der Waals surface area (Å²) in [7, 11) is 0. The number of hydrogen-bond acceptors (Lipinski definition) is 3. The van der Waals surface area contributed by atoms with Crippen molar-refractivity contribution in [3.8, 4) is 17.3 Å². The van der Waals surface area contributed by atoms with Crippen molar-refractivity contribution in [2.24, 2.45) is 0 Å². The maximum atomic E-state index is 11.3. The van der Waals surface area contributed by atoms with Crippen molar-refractivity contribution >= 4 is 23.8 Å². The first-order valence-electron chi connectivity index (χ1n) is 4.64. The molecule has 0 aliphatic carbocycles. The summed E-state index contributed by atoms with van der Waals surface area (Å²) < 4.78 is 0.117. The van der Waals surface area contributed by atoms with E-state index in [1.807, 2.05) is 6.07 Å². The van der Waals surface area contributed by atoms with Crippen LogP contribution < -0.4 is 5.69 Å². The predicted octanol–water partition coefficient (Wildman–Crippen LogP) is 2.62. The maximum Gasteiger partial charge on any atom is 0.324 e. The SMILES string of the molecule is N#Cc1c(-c2cccc(Cl)c2)[nH]c(=O)[nH]c1=S. The first-order valence-corrected chi connectivity index (χ1v) is 5.43. The molecule has 0 aliphatic rings. The van der Waals surface area contributed by atoms with Crippen LogP contribution in [0.4, 0.5) is 0 Å². The topological polar surface area (TPSA) is 72.4 Å². The van der Waals surface area contributed by atoms with Crippen LogP contribution in [0.25, 0.3) is 11.3 Å². The van der Waals surface area contributed by atoms with Crippen LogP contribution in [0.5, 0.6) is 0 Å². The average molecular weight is 264 g/mol. The van der Waals surface area contributed by atoms with Gasteiger partial charge in [-0.3, -0.25) is 4.98 Å². The van der Waals surface area contributed by atoms with Crippen LogP contribution in [0, 0.1) is 16.0 Å². The van der Waals surface area contributed by atoms with E-state index in [1.54, 1.807) is 24.3 Å². The van der Waals surface area contributed by atoms with Gasteiger partial charge in [0.25, 0.3) is 0 Å². The summed E-state index contributed by atoms with van der Waals surface area (Å²) >= 11 is 10.8. The fourth-order valence-electron chi connectivity index (χ4n) is 1.45. The number of benzene rings is 1. The minimum Gasteiger partial charge on any atom is -0.306 e. The maximum absolute atomic E-state index is 11.3. The second-order valence-electron chi connectivity index (χ2n) is 3.28. The van der Waals surface area contributed by atoms with Gasteiger partial charge >= 0.3 is 5.69 Å². The molecular formula is C11H6ClN3OS. The highest BCUT2D eigenvalue weighted by atomic mass is 35.5. The van der Waals surface area contributed by atoms with Crippen LogP contribution in [-0.4, -0.2) is 9.97 Å². The molecule has 1 aromatic carbocycles. The molecular weight excluding hydrogens is 258 g/mol. The summed E-state index contributed by atoms with van der Waals surface area (Å²) in [5, 5.41) is 9.55. The van der Waals surface area contributed by atoms with E-state index in [4.69, 9.17) is 29.1 Å². The molecule has 0 atom stereocenters. The molecule has 0 fully saturated rings. The van der Waals surface area contributed by atoms with Crippen LogP contribution in [0.15, 0.2) is 29.1 Å². The van der Waals surface area contributed by atoms with Crippen molar-refractivity contribution in [1.82, 2.24) is 9.97 Å². The normalized spacial score (nSPS) is 9.88. The Bertz CT molecular complexity index is 726.